The van der Waals surface area contributed by atoms with Crippen LogP contribution in [0.15, 0.2) is 54.6 Å². The molecule has 114 valence electrons. The molecule has 2 N–H and O–H groups in total. The SMILES string of the molecule is O=C(O)CCC(=O)Nc1ccccc1OCc1ccccc1. The third kappa shape index (κ3) is 4.94. The van der Waals surface area contributed by atoms with Gasteiger partial charge in [-0.25, -0.2) is 0 Å². The molecule has 0 aromatic heterocycles. The minimum Gasteiger partial charge on any atom is -0.487 e. The van der Waals surface area contributed by atoms with Gasteiger partial charge in [0.25, 0.3) is 0 Å². The lowest BCUT2D eigenvalue weighted by Gasteiger charge is -2.12. The number of ether oxygens (including phenoxy) is 1. The summed E-state index contributed by atoms with van der Waals surface area (Å²) in [5.41, 5.74) is 1.56. The van der Waals surface area contributed by atoms with Gasteiger partial charge in [0.2, 0.25) is 5.91 Å². The van der Waals surface area contributed by atoms with Crippen molar-refractivity contribution in [2.45, 2.75) is 19.4 Å². The number of carbonyl (C=O) groups is 2. The van der Waals surface area contributed by atoms with Gasteiger partial charge in [-0.05, 0) is 17.7 Å². The molecule has 0 atom stereocenters. The van der Waals surface area contributed by atoms with Gasteiger partial charge in [0.1, 0.15) is 12.4 Å². The highest BCUT2D eigenvalue weighted by Gasteiger charge is 2.09. The van der Waals surface area contributed by atoms with Crippen LogP contribution in [0, 0.1) is 0 Å². The van der Waals surface area contributed by atoms with Crippen LogP contribution < -0.4 is 10.1 Å². The Balaban J connectivity index is 1.97. The van der Waals surface area contributed by atoms with E-state index in [1.807, 2.05) is 36.4 Å². The maximum Gasteiger partial charge on any atom is 0.303 e. The molecular weight excluding hydrogens is 282 g/mol. The Kier molecular flexibility index (Phi) is 5.54. The average molecular weight is 299 g/mol. The van der Waals surface area contributed by atoms with E-state index >= 15 is 0 Å². The monoisotopic (exact) mass is 299 g/mol. The van der Waals surface area contributed by atoms with E-state index in [1.54, 1.807) is 18.2 Å². The summed E-state index contributed by atoms with van der Waals surface area (Å²) in [6.45, 7) is 0.392. The topological polar surface area (TPSA) is 75.6 Å². The van der Waals surface area contributed by atoms with Gasteiger partial charge in [-0.1, -0.05) is 42.5 Å². The van der Waals surface area contributed by atoms with Gasteiger partial charge in [0.05, 0.1) is 12.1 Å². The number of carboxylic acids is 1. The molecule has 2 rings (SSSR count). The number of rotatable bonds is 7. The fourth-order valence-corrected chi connectivity index (χ4v) is 1.86. The number of anilines is 1. The Bertz CT molecular complexity index is 640. The number of amides is 1. The number of carbonyl (C=O) groups excluding carboxylic acids is 1. The second kappa shape index (κ2) is 7.83. The van der Waals surface area contributed by atoms with E-state index in [0.717, 1.165) is 5.56 Å². The number of carboxylic acid groups (broad SMARTS) is 1. The van der Waals surface area contributed by atoms with Crippen molar-refractivity contribution in [1.82, 2.24) is 0 Å². The molecule has 2 aromatic carbocycles. The van der Waals surface area contributed by atoms with E-state index in [2.05, 4.69) is 5.32 Å². The zero-order valence-corrected chi connectivity index (χ0v) is 12.0. The first-order valence-electron chi connectivity index (χ1n) is 6.92. The fraction of sp³-hybridized carbons (Fsp3) is 0.176. The lowest BCUT2D eigenvalue weighted by atomic mass is 10.2. The maximum absolute atomic E-state index is 11.7. The van der Waals surface area contributed by atoms with E-state index < -0.39 is 5.97 Å². The summed E-state index contributed by atoms with van der Waals surface area (Å²) in [5.74, 6) is -0.794. The van der Waals surface area contributed by atoms with Crippen molar-refractivity contribution >= 4 is 17.6 Å². The predicted molar refractivity (Wildman–Crippen MR) is 82.7 cm³/mol. The molecule has 1 amide bonds. The number of para-hydroxylation sites is 2. The van der Waals surface area contributed by atoms with E-state index in [0.29, 0.717) is 18.0 Å². The lowest BCUT2D eigenvalue weighted by Crippen LogP contribution is -2.14. The zero-order valence-electron chi connectivity index (χ0n) is 12.0. The van der Waals surface area contributed by atoms with Crippen LogP contribution in [-0.2, 0) is 16.2 Å². The van der Waals surface area contributed by atoms with Crippen LogP contribution in [0.1, 0.15) is 18.4 Å². The quantitative estimate of drug-likeness (QED) is 0.824. The first kappa shape index (κ1) is 15.6. The van der Waals surface area contributed by atoms with E-state index in [-0.39, 0.29) is 18.7 Å². The predicted octanol–water partition coefficient (Wildman–Crippen LogP) is 3.07. The molecule has 2 aromatic rings. The maximum atomic E-state index is 11.7. The van der Waals surface area contributed by atoms with E-state index in [1.165, 1.54) is 0 Å². The number of nitrogens with one attached hydrogen (secondary N) is 1. The molecule has 0 saturated heterocycles. The fourth-order valence-electron chi connectivity index (χ4n) is 1.86. The lowest BCUT2D eigenvalue weighted by molar-refractivity contribution is -0.138. The van der Waals surface area contributed by atoms with E-state index in [4.69, 9.17) is 9.84 Å². The second-order valence-electron chi connectivity index (χ2n) is 4.71. The molecule has 0 unspecified atom stereocenters. The van der Waals surface area contributed by atoms with Crippen LogP contribution in [0.25, 0.3) is 0 Å². The van der Waals surface area contributed by atoms with Gasteiger partial charge in [-0.15, -0.1) is 0 Å². The molecule has 0 aliphatic rings. The van der Waals surface area contributed by atoms with Crippen LogP contribution >= 0.6 is 0 Å². The Hall–Kier alpha value is -2.82. The molecule has 0 fully saturated rings. The van der Waals surface area contributed by atoms with Gasteiger partial charge >= 0.3 is 5.97 Å². The van der Waals surface area contributed by atoms with Gasteiger partial charge in [0.15, 0.2) is 0 Å². The molecule has 0 radical (unpaired) electrons. The summed E-state index contributed by atoms with van der Waals surface area (Å²) < 4.78 is 5.72. The number of hydrogen-bond donors (Lipinski definition) is 2. The normalized spacial score (nSPS) is 10.0. The van der Waals surface area contributed by atoms with Crippen molar-refractivity contribution in [1.29, 1.82) is 0 Å². The van der Waals surface area contributed by atoms with Gasteiger partial charge in [-0.3, -0.25) is 9.59 Å². The Labute approximate surface area is 128 Å². The zero-order chi connectivity index (χ0) is 15.8. The standard InChI is InChI=1S/C17H17NO4/c19-16(10-11-17(20)21)18-14-8-4-5-9-15(14)22-12-13-6-2-1-3-7-13/h1-9H,10-12H2,(H,18,19)(H,20,21). The smallest absolute Gasteiger partial charge is 0.303 e. The first-order valence-corrected chi connectivity index (χ1v) is 6.92. The minimum atomic E-state index is -0.997. The molecule has 0 spiro atoms. The summed E-state index contributed by atoms with van der Waals surface area (Å²) in [4.78, 5) is 22.2. The highest BCUT2D eigenvalue weighted by Crippen LogP contribution is 2.25. The van der Waals surface area contributed by atoms with Crippen molar-refractivity contribution in [3.8, 4) is 5.75 Å². The summed E-state index contributed by atoms with van der Waals surface area (Å²) >= 11 is 0. The Morgan fingerprint density at radius 3 is 2.36 bits per heavy atom. The van der Waals surface area contributed by atoms with Crippen molar-refractivity contribution in [2.75, 3.05) is 5.32 Å². The largest absolute Gasteiger partial charge is 0.487 e. The molecule has 5 heteroatoms. The Morgan fingerprint density at radius 2 is 1.64 bits per heavy atom. The minimum absolute atomic E-state index is 0.0671. The Morgan fingerprint density at radius 1 is 0.955 bits per heavy atom. The van der Waals surface area contributed by atoms with Crippen LogP contribution in [0.2, 0.25) is 0 Å². The van der Waals surface area contributed by atoms with E-state index in [9.17, 15) is 9.59 Å². The van der Waals surface area contributed by atoms with Gasteiger partial charge < -0.3 is 15.2 Å². The number of hydrogen-bond acceptors (Lipinski definition) is 3. The average Bonchev–Trinajstić information content (AvgIpc) is 2.53. The van der Waals surface area contributed by atoms with Gasteiger partial charge in [-0.2, -0.15) is 0 Å². The molecule has 0 heterocycles. The van der Waals surface area contributed by atoms with Crippen molar-refractivity contribution in [2.24, 2.45) is 0 Å². The summed E-state index contributed by atoms with van der Waals surface area (Å²) in [6.07, 6.45) is -0.263. The van der Waals surface area contributed by atoms with Crippen molar-refractivity contribution in [3.05, 3.63) is 60.2 Å². The van der Waals surface area contributed by atoms with Crippen LogP contribution in [0.5, 0.6) is 5.75 Å². The molecule has 22 heavy (non-hydrogen) atoms. The third-order valence-electron chi connectivity index (χ3n) is 2.96. The van der Waals surface area contributed by atoms with Crippen molar-refractivity contribution in [3.63, 3.8) is 0 Å². The molecular formula is C17H17NO4. The molecule has 0 saturated carbocycles. The molecule has 0 aliphatic heterocycles. The second-order valence-corrected chi connectivity index (χ2v) is 4.71. The molecule has 0 bridgehead atoms. The van der Waals surface area contributed by atoms with Crippen molar-refractivity contribution < 1.29 is 19.4 Å². The number of benzene rings is 2. The van der Waals surface area contributed by atoms with Crippen LogP contribution in [0.3, 0.4) is 0 Å². The summed E-state index contributed by atoms with van der Waals surface area (Å²) in [7, 11) is 0. The highest BCUT2D eigenvalue weighted by atomic mass is 16.5. The highest BCUT2D eigenvalue weighted by molar-refractivity contribution is 5.93. The van der Waals surface area contributed by atoms with Gasteiger partial charge in [0, 0.05) is 6.42 Å². The molecule has 5 nitrogen and oxygen atoms in total. The summed E-state index contributed by atoms with van der Waals surface area (Å²) in [5, 5.41) is 11.3. The van der Waals surface area contributed by atoms with Crippen LogP contribution in [-0.4, -0.2) is 17.0 Å². The first-order chi connectivity index (χ1) is 10.6. The summed E-state index contributed by atoms with van der Waals surface area (Å²) in [6, 6.07) is 16.8. The van der Waals surface area contributed by atoms with Crippen LogP contribution in [0.4, 0.5) is 5.69 Å². The number of aliphatic carboxylic acids is 1. The third-order valence-corrected chi connectivity index (χ3v) is 2.96. The molecule has 0 aliphatic carbocycles.